The van der Waals surface area contributed by atoms with Crippen molar-refractivity contribution in [3.63, 3.8) is 0 Å². The number of rotatable bonds is 4. The molecule has 54 valence electrons. The maximum Gasteiger partial charge on any atom is 1.00 e. The standard InChI is InChI=1S/C6H13NO2.Na/c1-3-4-7-5(2)6(8)9;/h5,7H,3-4H2,1-2H3,(H,8,9);/q;+1/p-1. The van der Waals surface area contributed by atoms with E-state index in [1.165, 1.54) is 0 Å². The summed E-state index contributed by atoms with van der Waals surface area (Å²) >= 11 is 0. The summed E-state index contributed by atoms with van der Waals surface area (Å²) in [6.07, 6.45) is 0.942. The maximum atomic E-state index is 10.0. The van der Waals surface area contributed by atoms with E-state index in [0.717, 1.165) is 13.0 Å². The minimum atomic E-state index is -1.04. The zero-order valence-electron chi connectivity index (χ0n) is 6.81. The summed E-state index contributed by atoms with van der Waals surface area (Å²) < 4.78 is 0. The third-order valence-electron chi connectivity index (χ3n) is 1.05. The van der Waals surface area contributed by atoms with Gasteiger partial charge in [-0.05, 0) is 19.9 Å². The second-order valence-corrected chi connectivity index (χ2v) is 1.99. The molecule has 0 aliphatic carbocycles. The average Bonchev–Trinajstić information content (AvgIpc) is 1.82. The molecule has 0 aromatic carbocycles. The number of hydrogen-bond acceptors (Lipinski definition) is 3. The molecule has 0 amide bonds. The van der Waals surface area contributed by atoms with Gasteiger partial charge >= 0.3 is 29.6 Å². The van der Waals surface area contributed by atoms with Crippen molar-refractivity contribution in [1.29, 1.82) is 0 Å². The van der Waals surface area contributed by atoms with Crippen molar-refractivity contribution < 1.29 is 39.5 Å². The molecule has 0 saturated heterocycles. The SMILES string of the molecule is CCCNC(C)C(=O)[O-].[Na+]. The van der Waals surface area contributed by atoms with E-state index >= 15 is 0 Å². The summed E-state index contributed by atoms with van der Waals surface area (Å²) in [4.78, 5) is 10.0. The number of aliphatic carboxylic acids is 1. The van der Waals surface area contributed by atoms with Gasteiger partial charge in [-0.15, -0.1) is 0 Å². The normalized spacial score (nSPS) is 11.8. The molecule has 0 fully saturated rings. The van der Waals surface area contributed by atoms with E-state index in [2.05, 4.69) is 5.32 Å². The average molecular weight is 153 g/mol. The molecule has 0 radical (unpaired) electrons. The van der Waals surface area contributed by atoms with Gasteiger partial charge in [0.2, 0.25) is 0 Å². The summed E-state index contributed by atoms with van der Waals surface area (Å²) in [7, 11) is 0. The third kappa shape index (κ3) is 6.55. The van der Waals surface area contributed by atoms with E-state index in [0.29, 0.717) is 0 Å². The zero-order chi connectivity index (χ0) is 7.28. The third-order valence-corrected chi connectivity index (χ3v) is 1.05. The molecule has 10 heavy (non-hydrogen) atoms. The minimum absolute atomic E-state index is 0. The Kier molecular flexibility index (Phi) is 9.84. The van der Waals surface area contributed by atoms with Gasteiger partial charge in [0.1, 0.15) is 0 Å². The Hall–Kier alpha value is 0.430. The summed E-state index contributed by atoms with van der Waals surface area (Å²) in [6, 6.07) is -0.523. The van der Waals surface area contributed by atoms with Crippen LogP contribution in [0.15, 0.2) is 0 Å². The molecule has 0 heterocycles. The van der Waals surface area contributed by atoms with E-state index < -0.39 is 12.0 Å². The van der Waals surface area contributed by atoms with Gasteiger partial charge in [0.15, 0.2) is 0 Å². The molecule has 1 N–H and O–H groups in total. The zero-order valence-corrected chi connectivity index (χ0v) is 8.81. The number of carbonyl (C=O) groups excluding carboxylic acids is 1. The van der Waals surface area contributed by atoms with Crippen molar-refractivity contribution in [2.45, 2.75) is 26.3 Å². The Balaban J connectivity index is 0. The Morgan fingerprint density at radius 1 is 1.70 bits per heavy atom. The van der Waals surface area contributed by atoms with E-state index in [9.17, 15) is 9.90 Å². The quantitative estimate of drug-likeness (QED) is 0.420. The van der Waals surface area contributed by atoms with Crippen molar-refractivity contribution in [2.24, 2.45) is 0 Å². The minimum Gasteiger partial charge on any atom is -0.548 e. The van der Waals surface area contributed by atoms with Crippen LogP contribution in [0, 0.1) is 0 Å². The number of hydrogen-bond donors (Lipinski definition) is 1. The van der Waals surface area contributed by atoms with Crippen LogP contribution in [0.3, 0.4) is 0 Å². The van der Waals surface area contributed by atoms with Crippen LogP contribution >= 0.6 is 0 Å². The fraction of sp³-hybridized carbons (Fsp3) is 0.833. The van der Waals surface area contributed by atoms with Gasteiger partial charge in [0.05, 0.1) is 5.97 Å². The monoisotopic (exact) mass is 153 g/mol. The van der Waals surface area contributed by atoms with Crippen LogP contribution in [-0.4, -0.2) is 18.6 Å². The van der Waals surface area contributed by atoms with Gasteiger partial charge < -0.3 is 15.2 Å². The first-order chi connectivity index (χ1) is 4.18. The molecule has 0 aromatic heterocycles. The molecular formula is C6H12NNaO2. The van der Waals surface area contributed by atoms with Crippen LogP contribution in [0.1, 0.15) is 20.3 Å². The summed E-state index contributed by atoms with van der Waals surface area (Å²) in [5.74, 6) is -1.04. The topological polar surface area (TPSA) is 52.2 Å². The second kappa shape index (κ2) is 7.54. The maximum absolute atomic E-state index is 10.0. The Morgan fingerprint density at radius 3 is 2.50 bits per heavy atom. The molecule has 0 rings (SSSR count). The molecule has 0 aliphatic heterocycles. The van der Waals surface area contributed by atoms with Crippen molar-refractivity contribution in [2.75, 3.05) is 6.54 Å². The van der Waals surface area contributed by atoms with E-state index in [1.807, 2.05) is 6.92 Å². The molecule has 0 saturated carbocycles. The van der Waals surface area contributed by atoms with Gasteiger partial charge in [-0.2, -0.15) is 0 Å². The van der Waals surface area contributed by atoms with Crippen molar-refractivity contribution in [3.05, 3.63) is 0 Å². The molecule has 3 nitrogen and oxygen atoms in total. The fourth-order valence-electron chi connectivity index (χ4n) is 0.444. The Labute approximate surface area is 83.5 Å². The molecule has 4 heteroatoms. The van der Waals surface area contributed by atoms with Crippen LogP contribution in [0.2, 0.25) is 0 Å². The van der Waals surface area contributed by atoms with Gasteiger partial charge in [-0.1, -0.05) is 6.92 Å². The van der Waals surface area contributed by atoms with Gasteiger partial charge in [0.25, 0.3) is 0 Å². The van der Waals surface area contributed by atoms with E-state index in [-0.39, 0.29) is 29.6 Å². The predicted octanol–water partition coefficient (Wildman–Crippen LogP) is -3.87. The first kappa shape index (κ1) is 13.1. The predicted molar refractivity (Wildman–Crippen MR) is 32.8 cm³/mol. The van der Waals surface area contributed by atoms with Crippen LogP contribution in [0.25, 0.3) is 0 Å². The second-order valence-electron chi connectivity index (χ2n) is 1.99. The molecule has 0 bridgehead atoms. The Morgan fingerprint density at radius 2 is 2.20 bits per heavy atom. The van der Waals surface area contributed by atoms with Gasteiger partial charge in [-0.3, -0.25) is 0 Å². The molecule has 1 unspecified atom stereocenters. The number of carboxylic acid groups (broad SMARTS) is 1. The van der Waals surface area contributed by atoms with E-state index in [1.54, 1.807) is 6.92 Å². The molecule has 0 aliphatic rings. The number of carboxylic acids is 1. The number of carbonyl (C=O) groups is 1. The summed E-state index contributed by atoms with van der Waals surface area (Å²) in [5.41, 5.74) is 0. The first-order valence-electron chi connectivity index (χ1n) is 3.12. The van der Waals surface area contributed by atoms with Crippen molar-refractivity contribution in [3.8, 4) is 0 Å². The van der Waals surface area contributed by atoms with Crippen LogP contribution in [-0.2, 0) is 4.79 Å². The summed E-state index contributed by atoms with van der Waals surface area (Å²) in [5, 5.41) is 12.8. The van der Waals surface area contributed by atoms with E-state index in [4.69, 9.17) is 0 Å². The van der Waals surface area contributed by atoms with Crippen LogP contribution in [0.4, 0.5) is 0 Å². The summed E-state index contributed by atoms with van der Waals surface area (Å²) in [6.45, 7) is 4.29. The van der Waals surface area contributed by atoms with Crippen LogP contribution in [0.5, 0.6) is 0 Å². The fourth-order valence-corrected chi connectivity index (χ4v) is 0.444. The molecule has 0 spiro atoms. The number of nitrogens with one attached hydrogen (secondary N) is 1. The largest absolute Gasteiger partial charge is 1.00 e. The van der Waals surface area contributed by atoms with Crippen LogP contribution < -0.4 is 40.0 Å². The van der Waals surface area contributed by atoms with Crippen molar-refractivity contribution >= 4 is 5.97 Å². The molecular weight excluding hydrogens is 141 g/mol. The smallest absolute Gasteiger partial charge is 0.548 e. The Bertz CT molecular complexity index is 97.7. The van der Waals surface area contributed by atoms with Crippen molar-refractivity contribution in [1.82, 2.24) is 5.32 Å². The molecule has 1 atom stereocenters. The molecule has 0 aromatic rings. The van der Waals surface area contributed by atoms with Gasteiger partial charge in [-0.25, -0.2) is 0 Å². The first-order valence-corrected chi connectivity index (χ1v) is 3.12. The van der Waals surface area contributed by atoms with Gasteiger partial charge in [0, 0.05) is 6.04 Å².